The van der Waals surface area contributed by atoms with E-state index in [9.17, 15) is 9.59 Å². The Balaban J connectivity index is 2.27. The van der Waals surface area contributed by atoms with Crippen LogP contribution in [0.15, 0.2) is 24.3 Å². The van der Waals surface area contributed by atoms with Crippen LogP contribution in [-0.2, 0) is 22.4 Å². The Bertz CT molecular complexity index is 801. The molecular formula is C22H30N2O3. The average molecular weight is 370 g/mol. The largest absolute Gasteiger partial charge is 0.452 e. The second-order valence-electron chi connectivity index (χ2n) is 6.87. The molecule has 0 spiro atoms. The zero-order chi connectivity index (χ0) is 19.8. The minimum atomic E-state index is -0.457. The van der Waals surface area contributed by atoms with Crippen LogP contribution in [0, 0.1) is 0 Å². The summed E-state index contributed by atoms with van der Waals surface area (Å²) in [5.74, 6) is -0.726. The Kier molecular flexibility index (Phi) is 7.77. The summed E-state index contributed by atoms with van der Waals surface area (Å²) in [5.41, 5.74) is 3.18. The van der Waals surface area contributed by atoms with Crippen LogP contribution in [-0.4, -0.2) is 29.5 Å². The number of nitrogens with one attached hydrogen (secondary N) is 1. The molecule has 5 heteroatoms. The molecule has 0 aliphatic heterocycles. The van der Waals surface area contributed by atoms with Gasteiger partial charge in [-0.25, -0.2) is 4.79 Å². The number of carbonyl (C=O) groups is 2. The van der Waals surface area contributed by atoms with Crippen molar-refractivity contribution < 1.29 is 14.3 Å². The summed E-state index contributed by atoms with van der Waals surface area (Å²) in [4.78, 5) is 29.7. The maximum Gasteiger partial charge on any atom is 0.339 e. The Labute approximate surface area is 161 Å². The summed E-state index contributed by atoms with van der Waals surface area (Å²) in [7, 11) is 0. The summed E-state index contributed by atoms with van der Waals surface area (Å²) in [6.07, 6.45) is 4.34. The molecule has 0 fully saturated rings. The molecule has 0 aliphatic carbocycles. The number of benzene rings is 1. The van der Waals surface area contributed by atoms with Crippen LogP contribution in [0.1, 0.15) is 68.6 Å². The third kappa shape index (κ3) is 5.28. The van der Waals surface area contributed by atoms with Gasteiger partial charge in [0.2, 0.25) is 0 Å². The van der Waals surface area contributed by atoms with E-state index in [1.165, 1.54) is 0 Å². The Morgan fingerprint density at radius 3 is 2.56 bits per heavy atom. The molecule has 2 aromatic rings. The first-order chi connectivity index (χ1) is 13.0. The topological polar surface area (TPSA) is 68.3 Å². The number of hydrogen-bond donors (Lipinski definition) is 1. The predicted molar refractivity (Wildman–Crippen MR) is 108 cm³/mol. The molecular weight excluding hydrogens is 340 g/mol. The lowest BCUT2D eigenvalue weighted by atomic mass is 9.96. The number of ether oxygens (including phenoxy) is 1. The molecule has 146 valence electrons. The van der Waals surface area contributed by atoms with Gasteiger partial charge in [0, 0.05) is 17.1 Å². The van der Waals surface area contributed by atoms with Gasteiger partial charge in [-0.05, 0) is 37.8 Å². The number of pyridine rings is 1. The van der Waals surface area contributed by atoms with Gasteiger partial charge < -0.3 is 10.1 Å². The lowest BCUT2D eigenvalue weighted by molar-refractivity contribution is -0.124. The van der Waals surface area contributed by atoms with E-state index in [2.05, 4.69) is 19.2 Å². The van der Waals surface area contributed by atoms with Crippen molar-refractivity contribution in [1.82, 2.24) is 10.3 Å². The molecule has 0 radical (unpaired) electrons. The van der Waals surface area contributed by atoms with Crippen molar-refractivity contribution in [2.24, 2.45) is 0 Å². The van der Waals surface area contributed by atoms with Gasteiger partial charge in [0.1, 0.15) is 0 Å². The molecule has 5 nitrogen and oxygen atoms in total. The Hall–Kier alpha value is -2.43. The molecule has 1 aromatic carbocycles. The van der Waals surface area contributed by atoms with Crippen LogP contribution in [0.2, 0.25) is 0 Å². The Morgan fingerprint density at radius 1 is 1.15 bits per heavy atom. The van der Waals surface area contributed by atoms with Crippen LogP contribution < -0.4 is 5.32 Å². The summed E-state index contributed by atoms with van der Waals surface area (Å²) in [5, 5.41) is 3.63. The number of hydrogen-bond acceptors (Lipinski definition) is 4. The molecule has 0 aliphatic rings. The standard InChI is InChI=1S/C22H30N2O3/c1-5-10-15(4)23-20(25)14-27-22(26)21-16(7-3)18(11-6-2)24-19-13-9-8-12-17(19)21/h8-9,12-13,15H,5-7,10-11,14H2,1-4H3,(H,23,25)/t15-/m1/s1. The fraction of sp³-hybridized carbons (Fsp3) is 0.500. The Morgan fingerprint density at radius 2 is 1.89 bits per heavy atom. The number of amides is 1. The third-order valence-electron chi connectivity index (χ3n) is 4.59. The van der Waals surface area contributed by atoms with Crippen molar-refractivity contribution >= 4 is 22.8 Å². The van der Waals surface area contributed by atoms with Crippen molar-refractivity contribution in [3.05, 3.63) is 41.1 Å². The number of aromatic nitrogens is 1. The van der Waals surface area contributed by atoms with Gasteiger partial charge in [0.25, 0.3) is 5.91 Å². The molecule has 1 heterocycles. The highest BCUT2D eigenvalue weighted by molar-refractivity contribution is 6.05. The molecule has 0 bridgehead atoms. The number of aryl methyl sites for hydroxylation is 1. The van der Waals surface area contributed by atoms with Crippen molar-refractivity contribution in [1.29, 1.82) is 0 Å². The molecule has 1 N–H and O–H groups in total. The number of nitrogens with zero attached hydrogens (tertiary/aromatic N) is 1. The highest BCUT2D eigenvalue weighted by Gasteiger charge is 2.21. The molecule has 1 aromatic heterocycles. The fourth-order valence-corrected chi connectivity index (χ4v) is 3.38. The van der Waals surface area contributed by atoms with E-state index in [0.717, 1.165) is 47.8 Å². The van der Waals surface area contributed by atoms with Gasteiger partial charge in [-0.1, -0.05) is 51.8 Å². The SMILES string of the molecule is CCCc1nc2ccccc2c(C(=O)OCC(=O)N[C@H](C)CCC)c1CC. The maximum atomic E-state index is 12.9. The minimum Gasteiger partial charge on any atom is -0.452 e. The van der Waals surface area contributed by atoms with Gasteiger partial charge in [0.15, 0.2) is 6.61 Å². The quantitative estimate of drug-likeness (QED) is 0.671. The smallest absolute Gasteiger partial charge is 0.339 e. The number of para-hydroxylation sites is 1. The van der Waals surface area contributed by atoms with Gasteiger partial charge >= 0.3 is 5.97 Å². The molecule has 2 rings (SSSR count). The average Bonchev–Trinajstić information content (AvgIpc) is 2.65. The third-order valence-corrected chi connectivity index (χ3v) is 4.59. The van der Waals surface area contributed by atoms with Crippen LogP contribution in [0.3, 0.4) is 0 Å². The van der Waals surface area contributed by atoms with Crippen LogP contribution in [0.5, 0.6) is 0 Å². The van der Waals surface area contributed by atoms with Gasteiger partial charge in [-0.2, -0.15) is 0 Å². The maximum absolute atomic E-state index is 12.9. The van der Waals surface area contributed by atoms with Gasteiger partial charge in [0.05, 0.1) is 11.1 Å². The number of rotatable bonds is 9. The first-order valence-corrected chi connectivity index (χ1v) is 9.88. The van der Waals surface area contributed by atoms with Crippen LogP contribution in [0.25, 0.3) is 10.9 Å². The second-order valence-corrected chi connectivity index (χ2v) is 6.87. The van der Waals surface area contributed by atoms with Crippen LogP contribution >= 0.6 is 0 Å². The highest BCUT2D eigenvalue weighted by Crippen LogP contribution is 2.26. The molecule has 27 heavy (non-hydrogen) atoms. The first kappa shape index (κ1) is 20.9. The predicted octanol–water partition coefficient (Wildman–Crippen LogP) is 4.21. The lowest BCUT2D eigenvalue weighted by Crippen LogP contribution is -2.35. The summed E-state index contributed by atoms with van der Waals surface area (Å²) >= 11 is 0. The number of carbonyl (C=O) groups excluding carboxylic acids is 2. The number of fused-ring (bicyclic) bond motifs is 1. The van der Waals surface area contributed by atoms with Gasteiger partial charge in [-0.3, -0.25) is 9.78 Å². The summed E-state index contributed by atoms with van der Waals surface area (Å²) in [6, 6.07) is 7.67. The van der Waals surface area contributed by atoms with E-state index in [0.29, 0.717) is 12.0 Å². The van der Waals surface area contributed by atoms with Crippen molar-refractivity contribution in [3.63, 3.8) is 0 Å². The molecule has 0 unspecified atom stereocenters. The minimum absolute atomic E-state index is 0.0744. The highest BCUT2D eigenvalue weighted by atomic mass is 16.5. The van der Waals surface area contributed by atoms with Crippen molar-refractivity contribution in [3.8, 4) is 0 Å². The van der Waals surface area contributed by atoms with Crippen molar-refractivity contribution in [2.45, 2.75) is 65.8 Å². The van der Waals surface area contributed by atoms with E-state index < -0.39 is 5.97 Å². The fourth-order valence-electron chi connectivity index (χ4n) is 3.38. The monoisotopic (exact) mass is 370 g/mol. The molecule has 0 saturated heterocycles. The van der Waals surface area contributed by atoms with E-state index in [4.69, 9.17) is 9.72 Å². The lowest BCUT2D eigenvalue weighted by Gasteiger charge is -2.16. The molecule has 1 amide bonds. The normalized spacial score (nSPS) is 12.0. The van der Waals surface area contributed by atoms with E-state index in [1.807, 2.05) is 38.1 Å². The zero-order valence-electron chi connectivity index (χ0n) is 16.8. The van der Waals surface area contributed by atoms with Crippen LogP contribution in [0.4, 0.5) is 0 Å². The summed E-state index contributed by atoms with van der Waals surface area (Å²) < 4.78 is 5.37. The summed E-state index contributed by atoms with van der Waals surface area (Å²) in [6.45, 7) is 7.86. The van der Waals surface area contributed by atoms with E-state index in [-0.39, 0.29) is 18.6 Å². The second kappa shape index (κ2) is 10.0. The van der Waals surface area contributed by atoms with E-state index >= 15 is 0 Å². The number of esters is 1. The molecule has 1 atom stereocenters. The van der Waals surface area contributed by atoms with Gasteiger partial charge in [-0.15, -0.1) is 0 Å². The zero-order valence-corrected chi connectivity index (χ0v) is 16.8. The first-order valence-electron chi connectivity index (χ1n) is 9.88. The van der Waals surface area contributed by atoms with Crippen molar-refractivity contribution in [2.75, 3.05) is 6.61 Å². The van der Waals surface area contributed by atoms with E-state index in [1.54, 1.807) is 0 Å². The molecule has 0 saturated carbocycles.